The zero-order chi connectivity index (χ0) is 12.5. The summed E-state index contributed by atoms with van der Waals surface area (Å²) in [6, 6.07) is 1.30. The highest BCUT2D eigenvalue weighted by Crippen LogP contribution is 2.30. The Morgan fingerprint density at radius 1 is 1.38 bits per heavy atom. The molecule has 86 valence electrons. The molecule has 3 nitrogen and oxygen atoms in total. The Morgan fingerprint density at radius 2 is 1.94 bits per heavy atom. The van der Waals surface area contributed by atoms with E-state index < -0.39 is 35.0 Å². The highest BCUT2D eigenvalue weighted by atomic mass is 19.4. The maximum absolute atomic E-state index is 12.3. The van der Waals surface area contributed by atoms with E-state index in [1.54, 1.807) is 0 Å². The van der Waals surface area contributed by atoms with Gasteiger partial charge in [0.15, 0.2) is 5.43 Å². The molecule has 1 aromatic rings. The molecule has 8 heteroatoms. The van der Waals surface area contributed by atoms with E-state index in [9.17, 15) is 26.7 Å². The number of hydrogen-bond donors (Lipinski definition) is 1. The predicted octanol–water partition coefficient (Wildman–Crippen LogP) is 2.20. The summed E-state index contributed by atoms with van der Waals surface area (Å²) in [4.78, 5) is 12.3. The summed E-state index contributed by atoms with van der Waals surface area (Å²) >= 11 is 0. The van der Waals surface area contributed by atoms with Gasteiger partial charge < -0.3 is 4.98 Å². The molecule has 1 N–H and O–H groups in total. The van der Waals surface area contributed by atoms with Crippen LogP contribution in [0.15, 0.2) is 10.9 Å². The number of halogens is 5. The van der Waals surface area contributed by atoms with Crippen molar-refractivity contribution in [2.24, 2.45) is 0 Å². The number of aromatic amines is 1. The molecule has 1 aromatic heterocycles. The number of hydrogen-bond acceptors (Lipinski definition) is 2. The van der Waals surface area contributed by atoms with Crippen molar-refractivity contribution in [1.29, 1.82) is 5.26 Å². The molecule has 0 aliphatic carbocycles. The first-order valence-corrected chi connectivity index (χ1v) is 3.80. The number of nitriles is 1. The minimum absolute atomic E-state index is 0.276. The summed E-state index contributed by atoms with van der Waals surface area (Å²) in [6.45, 7) is 0. The molecule has 16 heavy (non-hydrogen) atoms. The lowest BCUT2D eigenvalue weighted by Crippen LogP contribution is -2.20. The first kappa shape index (κ1) is 12.2. The second kappa shape index (κ2) is 3.92. The number of aromatic nitrogens is 1. The quantitative estimate of drug-likeness (QED) is 0.762. The van der Waals surface area contributed by atoms with E-state index in [0.29, 0.717) is 0 Å². The number of H-pyrrole nitrogens is 1. The molecule has 0 aromatic carbocycles. The SMILES string of the molecule is N#Cc1c(C(F)(F)F)[nH]c(C(F)F)cc1=O. The van der Waals surface area contributed by atoms with E-state index in [1.807, 2.05) is 0 Å². The van der Waals surface area contributed by atoms with E-state index in [4.69, 9.17) is 5.26 Å². The predicted molar refractivity (Wildman–Crippen MR) is 41.7 cm³/mol. The van der Waals surface area contributed by atoms with Gasteiger partial charge in [-0.2, -0.15) is 18.4 Å². The van der Waals surface area contributed by atoms with E-state index in [0.717, 1.165) is 6.07 Å². The maximum Gasteiger partial charge on any atom is 0.432 e. The van der Waals surface area contributed by atoms with Gasteiger partial charge >= 0.3 is 6.18 Å². The van der Waals surface area contributed by atoms with Crippen molar-refractivity contribution in [2.45, 2.75) is 12.6 Å². The summed E-state index contributed by atoms with van der Waals surface area (Å²) in [5, 5.41) is 8.33. The first-order valence-electron chi connectivity index (χ1n) is 3.80. The molecular formula is C8H3F5N2O. The second-order valence-electron chi connectivity index (χ2n) is 2.75. The Morgan fingerprint density at radius 3 is 2.31 bits per heavy atom. The standard InChI is InChI=1S/C8H3F5N2O/c9-7(10)4-1-5(16)3(2-14)6(15-4)8(11,12)13/h1,7H,(H,15,16). The summed E-state index contributed by atoms with van der Waals surface area (Å²) in [6.07, 6.45) is -8.31. The van der Waals surface area contributed by atoms with Gasteiger partial charge in [0.1, 0.15) is 17.3 Å². The minimum Gasteiger partial charge on any atom is -0.349 e. The van der Waals surface area contributed by atoms with Crippen molar-refractivity contribution in [1.82, 2.24) is 4.98 Å². The average Bonchev–Trinajstić information content (AvgIpc) is 2.14. The third-order valence-electron chi connectivity index (χ3n) is 1.68. The van der Waals surface area contributed by atoms with E-state index in [2.05, 4.69) is 0 Å². The fourth-order valence-corrected chi connectivity index (χ4v) is 1.02. The fourth-order valence-electron chi connectivity index (χ4n) is 1.02. The van der Waals surface area contributed by atoms with Crippen LogP contribution in [0.5, 0.6) is 0 Å². The van der Waals surface area contributed by atoms with Crippen molar-refractivity contribution in [3.8, 4) is 6.07 Å². The molecule has 0 amide bonds. The molecule has 0 saturated carbocycles. The average molecular weight is 238 g/mol. The van der Waals surface area contributed by atoms with Gasteiger partial charge in [-0.3, -0.25) is 4.79 Å². The van der Waals surface area contributed by atoms with Crippen LogP contribution in [0.1, 0.15) is 23.4 Å². The second-order valence-corrected chi connectivity index (χ2v) is 2.75. The molecule has 1 heterocycles. The largest absolute Gasteiger partial charge is 0.432 e. The van der Waals surface area contributed by atoms with Crippen LogP contribution < -0.4 is 5.43 Å². The molecule has 0 atom stereocenters. The van der Waals surface area contributed by atoms with Crippen molar-refractivity contribution >= 4 is 0 Å². The van der Waals surface area contributed by atoms with Gasteiger partial charge in [-0.15, -0.1) is 0 Å². The number of nitrogens with one attached hydrogen (secondary N) is 1. The normalized spacial score (nSPS) is 11.6. The van der Waals surface area contributed by atoms with Crippen LogP contribution in [0.2, 0.25) is 0 Å². The van der Waals surface area contributed by atoms with E-state index in [1.165, 1.54) is 4.98 Å². The monoisotopic (exact) mass is 238 g/mol. The molecule has 0 aliphatic rings. The van der Waals surface area contributed by atoms with Crippen LogP contribution in [-0.4, -0.2) is 4.98 Å². The Kier molecular flexibility index (Phi) is 2.98. The van der Waals surface area contributed by atoms with Crippen LogP contribution >= 0.6 is 0 Å². The number of rotatable bonds is 1. The zero-order valence-electron chi connectivity index (χ0n) is 7.40. The first-order chi connectivity index (χ1) is 7.27. The molecule has 0 spiro atoms. The van der Waals surface area contributed by atoms with Gasteiger partial charge in [0, 0.05) is 6.07 Å². The van der Waals surface area contributed by atoms with Gasteiger partial charge in [0.25, 0.3) is 6.43 Å². The molecule has 1 rings (SSSR count). The topological polar surface area (TPSA) is 56.6 Å². The van der Waals surface area contributed by atoms with Crippen molar-refractivity contribution in [3.63, 3.8) is 0 Å². The van der Waals surface area contributed by atoms with Crippen LogP contribution in [0.3, 0.4) is 0 Å². The fraction of sp³-hybridized carbons (Fsp3) is 0.250. The summed E-state index contributed by atoms with van der Waals surface area (Å²) in [5.41, 5.74) is -5.53. The van der Waals surface area contributed by atoms with Gasteiger partial charge in [-0.1, -0.05) is 0 Å². The van der Waals surface area contributed by atoms with Crippen molar-refractivity contribution in [2.75, 3.05) is 0 Å². The minimum atomic E-state index is -5.06. The lowest BCUT2D eigenvalue weighted by molar-refractivity contribution is -0.141. The van der Waals surface area contributed by atoms with Gasteiger partial charge in [0.2, 0.25) is 0 Å². The molecule has 0 bridgehead atoms. The highest BCUT2D eigenvalue weighted by molar-refractivity contribution is 5.36. The van der Waals surface area contributed by atoms with Crippen molar-refractivity contribution < 1.29 is 22.0 Å². The third-order valence-corrected chi connectivity index (χ3v) is 1.68. The lowest BCUT2D eigenvalue weighted by atomic mass is 10.1. The number of alkyl halides is 5. The third kappa shape index (κ3) is 2.18. The lowest BCUT2D eigenvalue weighted by Gasteiger charge is -2.10. The number of nitrogens with zero attached hydrogens (tertiary/aromatic N) is 1. The Hall–Kier alpha value is -1.91. The van der Waals surface area contributed by atoms with Gasteiger partial charge in [0.05, 0.1) is 5.69 Å². The Bertz CT molecular complexity index is 497. The van der Waals surface area contributed by atoms with Crippen LogP contribution in [-0.2, 0) is 6.18 Å². The molecule has 0 radical (unpaired) electrons. The number of pyridine rings is 1. The zero-order valence-corrected chi connectivity index (χ0v) is 7.40. The molecule has 0 fully saturated rings. The Labute approximate surface area is 85.1 Å². The van der Waals surface area contributed by atoms with Crippen LogP contribution in [0, 0.1) is 11.3 Å². The van der Waals surface area contributed by atoms with E-state index >= 15 is 0 Å². The smallest absolute Gasteiger partial charge is 0.349 e. The molecule has 0 aliphatic heterocycles. The van der Waals surface area contributed by atoms with Gasteiger partial charge in [-0.25, -0.2) is 8.78 Å². The summed E-state index contributed by atoms with van der Waals surface area (Å²) in [5.74, 6) is 0. The molecule has 0 saturated heterocycles. The summed E-state index contributed by atoms with van der Waals surface area (Å²) in [7, 11) is 0. The van der Waals surface area contributed by atoms with Crippen LogP contribution in [0.25, 0.3) is 0 Å². The summed E-state index contributed by atoms with van der Waals surface area (Å²) < 4.78 is 61.1. The molecule has 0 unspecified atom stereocenters. The Balaban J connectivity index is 3.58. The van der Waals surface area contributed by atoms with Crippen LogP contribution in [0.4, 0.5) is 22.0 Å². The van der Waals surface area contributed by atoms with E-state index in [-0.39, 0.29) is 6.07 Å². The highest BCUT2D eigenvalue weighted by Gasteiger charge is 2.36. The maximum atomic E-state index is 12.3. The van der Waals surface area contributed by atoms with Crippen molar-refractivity contribution in [3.05, 3.63) is 33.2 Å². The molecular weight excluding hydrogens is 235 g/mol. The van der Waals surface area contributed by atoms with Gasteiger partial charge in [-0.05, 0) is 0 Å².